The maximum absolute atomic E-state index is 5.53. The quantitative estimate of drug-likeness (QED) is 0.713. The van der Waals surface area contributed by atoms with E-state index in [0.717, 1.165) is 37.3 Å². The van der Waals surface area contributed by atoms with Crippen LogP contribution in [0.1, 0.15) is 24.6 Å². The van der Waals surface area contributed by atoms with Gasteiger partial charge in [0, 0.05) is 25.8 Å². The van der Waals surface area contributed by atoms with Crippen molar-refractivity contribution in [1.82, 2.24) is 9.88 Å². The average molecular weight is 219 g/mol. The Labute approximate surface area is 98.0 Å². The van der Waals surface area contributed by atoms with E-state index >= 15 is 0 Å². The first-order valence-corrected chi connectivity index (χ1v) is 5.77. The first-order valence-electron chi connectivity index (χ1n) is 5.77. The highest BCUT2D eigenvalue weighted by molar-refractivity contribution is 5.13. The van der Waals surface area contributed by atoms with Crippen molar-refractivity contribution in [3.8, 4) is 0 Å². The molecule has 0 saturated carbocycles. The van der Waals surface area contributed by atoms with Crippen LogP contribution in [0, 0.1) is 0 Å². The molecular formula is C13H21N3. The van der Waals surface area contributed by atoms with E-state index in [2.05, 4.69) is 23.4 Å². The fourth-order valence-corrected chi connectivity index (χ4v) is 1.63. The lowest BCUT2D eigenvalue weighted by atomic mass is 10.2. The topological polar surface area (TPSA) is 42.1 Å². The molecule has 16 heavy (non-hydrogen) atoms. The second-order valence-electron chi connectivity index (χ2n) is 3.89. The molecule has 0 fully saturated rings. The summed E-state index contributed by atoms with van der Waals surface area (Å²) in [5.41, 5.74) is 7.70. The van der Waals surface area contributed by atoms with Crippen LogP contribution in [-0.4, -0.2) is 23.0 Å². The molecule has 3 nitrogen and oxygen atoms in total. The Kier molecular flexibility index (Phi) is 5.75. The van der Waals surface area contributed by atoms with Gasteiger partial charge in [-0.2, -0.15) is 0 Å². The molecule has 1 rings (SSSR count). The van der Waals surface area contributed by atoms with Crippen molar-refractivity contribution >= 4 is 0 Å². The fourth-order valence-electron chi connectivity index (χ4n) is 1.63. The highest BCUT2D eigenvalue weighted by Crippen LogP contribution is 2.04. The number of nitrogens with two attached hydrogens (primary N) is 1. The summed E-state index contributed by atoms with van der Waals surface area (Å²) >= 11 is 0. The second-order valence-corrected chi connectivity index (χ2v) is 3.89. The predicted molar refractivity (Wildman–Crippen MR) is 67.9 cm³/mol. The van der Waals surface area contributed by atoms with E-state index < -0.39 is 0 Å². The van der Waals surface area contributed by atoms with Crippen molar-refractivity contribution in [3.05, 3.63) is 42.2 Å². The van der Waals surface area contributed by atoms with Crippen LogP contribution in [0.5, 0.6) is 0 Å². The molecule has 0 unspecified atom stereocenters. The lowest BCUT2D eigenvalue weighted by molar-refractivity contribution is 0.291. The predicted octanol–water partition coefficient (Wildman–Crippen LogP) is 1.94. The number of hydrogen-bond donors (Lipinski definition) is 1. The Morgan fingerprint density at radius 2 is 2.31 bits per heavy atom. The van der Waals surface area contributed by atoms with Crippen LogP contribution in [0.25, 0.3) is 0 Å². The summed E-state index contributed by atoms with van der Waals surface area (Å²) in [4.78, 5) is 6.73. The fraction of sp³-hybridized carbons (Fsp3) is 0.462. The molecule has 3 heteroatoms. The highest BCUT2D eigenvalue weighted by Gasteiger charge is 2.03. The molecule has 0 atom stereocenters. The van der Waals surface area contributed by atoms with Gasteiger partial charge in [0.15, 0.2) is 0 Å². The highest BCUT2D eigenvalue weighted by atomic mass is 15.1. The van der Waals surface area contributed by atoms with Crippen molar-refractivity contribution in [2.75, 3.05) is 13.1 Å². The minimum Gasteiger partial charge on any atom is -0.326 e. The van der Waals surface area contributed by atoms with Gasteiger partial charge >= 0.3 is 0 Å². The molecule has 0 aromatic carbocycles. The molecule has 0 amide bonds. The monoisotopic (exact) mass is 219 g/mol. The number of pyridine rings is 1. The van der Waals surface area contributed by atoms with Crippen LogP contribution in [0.4, 0.5) is 0 Å². The van der Waals surface area contributed by atoms with Crippen LogP contribution in [0.15, 0.2) is 31.0 Å². The Bertz CT molecular complexity index is 305. The summed E-state index contributed by atoms with van der Waals surface area (Å²) < 4.78 is 0. The van der Waals surface area contributed by atoms with Crippen LogP contribution in [0.2, 0.25) is 0 Å². The van der Waals surface area contributed by atoms with Crippen LogP contribution in [-0.2, 0) is 13.1 Å². The van der Waals surface area contributed by atoms with Crippen molar-refractivity contribution in [3.63, 3.8) is 0 Å². The minimum atomic E-state index is 0.554. The van der Waals surface area contributed by atoms with E-state index in [1.807, 2.05) is 24.4 Å². The maximum Gasteiger partial charge on any atom is 0.0544 e. The lowest BCUT2D eigenvalue weighted by Gasteiger charge is -2.19. The Balaban J connectivity index is 2.58. The Morgan fingerprint density at radius 3 is 2.81 bits per heavy atom. The largest absolute Gasteiger partial charge is 0.326 e. The summed E-state index contributed by atoms with van der Waals surface area (Å²) in [6, 6.07) is 4.09. The molecule has 0 saturated heterocycles. The smallest absolute Gasteiger partial charge is 0.0544 e. The van der Waals surface area contributed by atoms with Gasteiger partial charge in [0.05, 0.1) is 5.69 Å². The van der Waals surface area contributed by atoms with E-state index in [1.165, 1.54) is 0 Å². The minimum absolute atomic E-state index is 0.554. The second kappa shape index (κ2) is 7.14. The third-order valence-electron chi connectivity index (χ3n) is 2.43. The van der Waals surface area contributed by atoms with E-state index in [4.69, 9.17) is 5.73 Å². The van der Waals surface area contributed by atoms with Gasteiger partial charge in [-0.25, -0.2) is 0 Å². The molecule has 88 valence electrons. The Hall–Kier alpha value is -1.19. The molecule has 0 aliphatic carbocycles. The van der Waals surface area contributed by atoms with Crippen molar-refractivity contribution in [1.29, 1.82) is 0 Å². The van der Waals surface area contributed by atoms with E-state index in [1.54, 1.807) is 0 Å². The zero-order valence-electron chi connectivity index (χ0n) is 10.0. The molecular weight excluding hydrogens is 198 g/mol. The summed E-state index contributed by atoms with van der Waals surface area (Å²) in [5.74, 6) is 0. The normalized spacial score (nSPS) is 10.7. The summed E-state index contributed by atoms with van der Waals surface area (Å²) in [5, 5.41) is 0. The van der Waals surface area contributed by atoms with Gasteiger partial charge in [0.2, 0.25) is 0 Å². The average Bonchev–Trinajstić information content (AvgIpc) is 2.31. The number of nitrogens with zero attached hydrogens (tertiary/aromatic N) is 2. The van der Waals surface area contributed by atoms with E-state index in [-0.39, 0.29) is 0 Å². The molecule has 0 bridgehead atoms. The molecule has 1 heterocycles. The molecule has 0 radical (unpaired) electrons. The molecule has 0 aliphatic rings. The number of rotatable bonds is 7. The molecule has 1 aromatic rings. The first-order chi connectivity index (χ1) is 7.80. The van der Waals surface area contributed by atoms with Gasteiger partial charge < -0.3 is 5.73 Å². The third kappa shape index (κ3) is 4.13. The van der Waals surface area contributed by atoms with Crippen molar-refractivity contribution < 1.29 is 0 Å². The molecule has 1 aromatic heterocycles. The van der Waals surface area contributed by atoms with E-state index in [0.29, 0.717) is 6.54 Å². The first kappa shape index (κ1) is 12.9. The van der Waals surface area contributed by atoms with Gasteiger partial charge in [-0.3, -0.25) is 9.88 Å². The van der Waals surface area contributed by atoms with Gasteiger partial charge in [-0.15, -0.1) is 6.58 Å². The molecule has 2 N–H and O–H groups in total. The van der Waals surface area contributed by atoms with Crippen LogP contribution in [0.3, 0.4) is 0 Å². The maximum atomic E-state index is 5.53. The molecule has 0 spiro atoms. The molecule has 0 aliphatic heterocycles. The lowest BCUT2D eigenvalue weighted by Crippen LogP contribution is -2.24. The van der Waals surface area contributed by atoms with Crippen LogP contribution < -0.4 is 5.73 Å². The zero-order valence-corrected chi connectivity index (χ0v) is 10.0. The standard InChI is InChI=1S/C13H21N3/c1-3-7-16(8-4-2)11-13-6-5-12(9-14)10-15-13/h3,5-6,10H,1,4,7-9,11,14H2,2H3. The summed E-state index contributed by atoms with van der Waals surface area (Å²) in [7, 11) is 0. The Morgan fingerprint density at radius 1 is 1.50 bits per heavy atom. The van der Waals surface area contributed by atoms with Gasteiger partial charge in [-0.05, 0) is 24.6 Å². The van der Waals surface area contributed by atoms with Gasteiger partial charge in [0.25, 0.3) is 0 Å². The summed E-state index contributed by atoms with van der Waals surface area (Å²) in [6.07, 6.45) is 4.94. The van der Waals surface area contributed by atoms with Crippen molar-refractivity contribution in [2.45, 2.75) is 26.4 Å². The number of aromatic nitrogens is 1. The SMILES string of the molecule is C=CCN(CCC)Cc1ccc(CN)cn1. The van der Waals surface area contributed by atoms with Gasteiger partial charge in [0.1, 0.15) is 0 Å². The third-order valence-corrected chi connectivity index (χ3v) is 2.43. The van der Waals surface area contributed by atoms with Crippen LogP contribution >= 0.6 is 0 Å². The zero-order chi connectivity index (χ0) is 11.8. The number of hydrogen-bond acceptors (Lipinski definition) is 3. The van der Waals surface area contributed by atoms with Gasteiger partial charge in [-0.1, -0.05) is 19.1 Å². The van der Waals surface area contributed by atoms with E-state index in [9.17, 15) is 0 Å². The summed E-state index contributed by atoms with van der Waals surface area (Å²) in [6.45, 7) is 9.38. The van der Waals surface area contributed by atoms with Crippen molar-refractivity contribution in [2.24, 2.45) is 5.73 Å².